The first kappa shape index (κ1) is 11.5. The topological polar surface area (TPSA) is 42.3 Å². The molecule has 0 aliphatic heterocycles. The van der Waals surface area contributed by atoms with E-state index in [1.54, 1.807) is 30.5 Å². The molecule has 0 spiro atoms. The molecule has 0 bridgehead atoms. The minimum Gasteiger partial charge on any atom is -0.254 e. The minimum absolute atomic E-state index is 0.516. The first-order valence-electron chi connectivity index (χ1n) is 5.01. The fourth-order valence-electron chi connectivity index (χ4n) is 1.52. The zero-order valence-corrected chi connectivity index (χ0v) is 9.90. The van der Waals surface area contributed by atoms with Crippen LogP contribution in [0.15, 0.2) is 41.5 Å². The van der Waals surface area contributed by atoms with E-state index in [1.807, 2.05) is 19.1 Å². The van der Waals surface area contributed by atoms with Crippen LogP contribution in [-0.4, -0.2) is 11.1 Å². The first-order chi connectivity index (χ1) is 8.20. The molecule has 0 saturated heterocycles. The van der Waals surface area contributed by atoms with E-state index in [-0.39, 0.29) is 0 Å². The first-order valence-corrected chi connectivity index (χ1v) is 5.39. The number of isocyanates is 1. The summed E-state index contributed by atoms with van der Waals surface area (Å²) in [6, 6.07) is 9.01. The van der Waals surface area contributed by atoms with E-state index in [9.17, 15) is 4.79 Å². The van der Waals surface area contributed by atoms with E-state index >= 15 is 0 Å². The van der Waals surface area contributed by atoms with Gasteiger partial charge in [-0.2, -0.15) is 4.99 Å². The van der Waals surface area contributed by atoms with Crippen molar-refractivity contribution in [3.63, 3.8) is 0 Å². The molecular formula is C13H9ClN2O. The highest BCUT2D eigenvalue weighted by molar-refractivity contribution is 6.30. The Bertz CT molecular complexity index is 587. The van der Waals surface area contributed by atoms with Crippen LogP contribution in [0.5, 0.6) is 0 Å². The zero-order chi connectivity index (χ0) is 12.3. The maximum absolute atomic E-state index is 10.4. The van der Waals surface area contributed by atoms with Gasteiger partial charge in [-0.25, -0.2) is 4.79 Å². The van der Waals surface area contributed by atoms with Crippen LogP contribution in [-0.2, 0) is 4.79 Å². The number of rotatable bonds is 2. The van der Waals surface area contributed by atoms with Crippen LogP contribution in [0, 0.1) is 6.92 Å². The normalized spacial score (nSPS) is 9.76. The fraction of sp³-hybridized carbons (Fsp3) is 0.0769. The third-order valence-corrected chi connectivity index (χ3v) is 2.54. The van der Waals surface area contributed by atoms with Crippen molar-refractivity contribution in [2.24, 2.45) is 4.99 Å². The van der Waals surface area contributed by atoms with Crippen LogP contribution in [0.4, 0.5) is 5.69 Å². The molecule has 0 aliphatic rings. The van der Waals surface area contributed by atoms with Gasteiger partial charge in [0, 0.05) is 16.8 Å². The summed E-state index contributed by atoms with van der Waals surface area (Å²) in [5.74, 6) is 0. The molecule has 0 fully saturated rings. The Balaban J connectivity index is 2.58. The minimum atomic E-state index is 0.516. The van der Waals surface area contributed by atoms with Gasteiger partial charge in [0.2, 0.25) is 6.08 Å². The Kier molecular flexibility index (Phi) is 3.33. The van der Waals surface area contributed by atoms with Crippen molar-refractivity contribution in [3.05, 3.63) is 47.1 Å². The monoisotopic (exact) mass is 244 g/mol. The third-order valence-electron chi connectivity index (χ3n) is 2.29. The zero-order valence-electron chi connectivity index (χ0n) is 9.14. The average Bonchev–Trinajstić information content (AvgIpc) is 2.31. The lowest BCUT2D eigenvalue weighted by atomic mass is 10.1. The average molecular weight is 245 g/mol. The van der Waals surface area contributed by atoms with Crippen LogP contribution >= 0.6 is 11.6 Å². The van der Waals surface area contributed by atoms with Gasteiger partial charge in [-0.1, -0.05) is 23.7 Å². The molecule has 0 amide bonds. The molecule has 1 aromatic heterocycles. The van der Waals surface area contributed by atoms with Crippen molar-refractivity contribution in [1.82, 2.24) is 4.98 Å². The fourth-order valence-corrected chi connectivity index (χ4v) is 1.64. The van der Waals surface area contributed by atoms with Gasteiger partial charge < -0.3 is 0 Å². The van der Waals surface area contributed by atoms with Gasteiger partial charge in [0.05, 0.1) is 5.69 Å². The number of halogens is 1. The number of pyridine rings is 1. The number of aryl methyl sites for hydroxylation is 1. The Hall–Kier alpha value is -1.96. The van der Waals surface area contributed by atoms with Crippen LogP contribution in [0.3, 0.4) is 0 Å². The van der Waals surface area contributed by atoms with Crippen molar-refractivity contribution >= 4 is 23.4 Å². The molecule has 17 heavy (non-hydrogen) atoms. The second-order valence-electron chi connectivity index (χ2n) is 3.59. The molecule has 0 N–H and O–H groups in total. The van der Waals surface area contributed by atoms with E-state index in [0.717, 1.165) is 11.1 Å². The molecule has 0 saturated carbocycles. The molecule has 1 heterocycles. The molecule has 1 aromatic carbocycles. The standard InChI is InChI=1S/C13H9ClN2O/c1-9-6-12(16-8-17)13(15-7-9)10-2-4-11(14)5-3-10/h2-7H,1H3. The maximum atomic E-state index is 10.4. The van der Waals surface area contributed by atoms with E-state index < -0.39 is 0 Å². The highest BCUT2D eigenvalue weighted by atomic mass is 35.5. The number of aromatic nitrogens is 1. The smallest absolute Gasteiger partial charge is 0.240 e. The molecule has 2 rings (SSSR count). The van der Waals surface area contributed by atoms with Crippen LogP contribution in [0.2, 0.25) is 5.02 Å². The number of nitrogens with zero attached hydrogens (tertiary/aromatic N) is 2. The van der Waals surface area contributed by atoms with Crippen molar-refractivity contribution in [1.29, 1.82) is 0 Å². The summed E-state index contributed by atoms with van der Waals surface area (Å²) in [7, 11) is 0. The van der Waals surface area contributed by atoms with Gasteiger partial charge in [0.15, 0.2) is 0 Å². The van der Waals surface area contributed by atoms with Crippen molar-refractivity contribution in [3.8, 4) is 11.3 Å². The largest absolute Gasteiger partial charge is 0.254 e. The van der Waals surface area contributed by atoms with Gasteiger partial charge >= 0.3 is 0 Å². The van der Waals surface area contributed by atoms with Crippen molar-refractivity contribution < 1.29 is 4.79 Å². The number of benzene rings is 1. The van der Waals surface area contributed by atoms with Crippen molar-refractivity contribution in [2.75, 3.05) is 0 Å². The van der Waals surface area contributed by atoms with Crippen LogP contribution < -0.4 is 0 Å². The van der Waals surface area contributed by atoms with Gasteiger partial charge in [0.25, 0.3) is 0 Å². The van der Waals surface area contributed by atoms with Gasteiger partial charge in [-0.15, -0.1) is 0 Å². The van der Waals surface area contributed by atoms with Crippen LogP contribution in [0.1, 0.15) is 5.56 Å². The summed E-state index contributed by atoms with van der Waals surface area (Å²) in [5.41, 5.74) is 2.97. The SMILES string of the molecule is Cc1cnc(-c2ccc(Cl)cc2)c(N=C=O)c1. The highest BCUT2D eigenvalue weighted by Gasteiger charge is 2.06. The summed E-state index contributed by atoms with van der Waals surface area (Å²) in [4.78, 5) is 18.3. The number of aliphatic imine (C=N–C) groups is 1. The number of carbonyl (C=O) groups excluding carboxylic acids is 1. The van der Waals surface area contributed by atoms with E-state index in [4.69, 9.17) is 11.6 Å². The Labute approximate surface area is 104 Å². The molecule has 2 aromatic rings. The molecule has 0 atom stereocenters. The summed E-state index contributed by atoms with van der Waals surface area (Å²) in [5, 5.41) is 0.654. The Morgan fingerprint density at radius 1 is 1.29 bits per heavy atom. The Morgan fingerprint density at radius 3 is 2.65 bits per heavy atom. The molecule has 84 valence electrons. The van der Waals surface area contributed by atoms with Gasteiger partial charge in [-0.3, -0.25) is 4.98 Å². The van der Waals surface area contributed by atoms with Gasteiger partial charge in [-0.05, 0) is 30.7 Å². The van der Waals surface area contributed by atoms with E-state index in [1.165, 1.54) is 0 Å². The molecule has 0 aliphatic carbocycles. The molecule has 4 heteroatoms. The highest BCUT2D eigenvalue weighted by Crippen LogP contribution is 2.29. The third kappa shape index (κ3) is 2.59. The summed E-state index contributed by atoms with van der Waals surface area (Å²) in [6.45, 7) is 1.89. The van der Waals surface area contributed by atoms with Gasteiger partial charge in [0.1, 0.15) is 5.69 Å². The lowest BCUT2D eigenvalue weighted by Gasteiger charge is -2.04. The van der Waals surface area contributed by atoms with E-state index in [2.05, 4.69) is 9.98 Å². The molecular weight excluding hydrogens is 236 g/mol. The molecule has 3 nitrogen and oxygen atoms in total. The number of hydrogen-bond acceptors (Lipinski definition) is 3. The van der Waals surface area contributed by atoms with E-state index in [0.29, 0.717) is 16.4 Å². The molecule has 0 unspecified atom stereocenters. The summed E-state index contributed by atoms with van der Waals surface area (Å²) < 4.78 is 0. The second kappa shape index (κ2) is 4.91. The van der Waals surface area contributed by atoms with Crippen LogP contribution in [0.25, 0.3) is 11.3 Å². The summed E-state index contributed by atoms with van der Waals surface area (Å²) in [6.07, 6.45) is 3.27. The second-order valence-corrected chi connectivity index (χ2v) is 4.03. The number of hydrogen-bond donors (Lipinski definition) is 0. The maximum Gasteiger partial charge on any atom is 0.240 e. The Morgan fingerprint density at radius 2 is 2.00 bits per heavy atom. The predicted molar refractivity (Wildman–Crippen MR) is 67.2 cm³/mol. The molecule has 0 radical (unpaired) electrons. The lowest BCUT2D eigenvalue weighted by Crippen LogP contribution is -1.86. The summed E-state index contributed by atoms with van der Waals surface area (Å²) >= 11 is 5.82. The van der Waals surface area contributed by atoms with Crippen molar-refractivity contribution in [2.45, 2.75) is 6.92 Å². The lowest BCUT2D eigenvalue weighted by molar-refractivity contribution is 0.565. The predicted octanol–water partition coefficient (Wildman–Crippen LogP) is 3.68. The quantitative estimate of drug-likeness (QED) is 0.597.